The number of unbranched alkanes of at least 4 members (excludes halogenated alkanes) is 7. The molecule has 1 aromatic heterocycles. The van der Waals surface area contributed by atoms with Crippen molar-refractivity contribution in [2.75, 3.05) is 17.6 Å². The number of rotatable bonds is 11. The maximum Gasteiger partial charge on any atom is 0.134 e. The molecule has 3 N–H and O–H groups in total. The second-order valence-electron chi connectivity index (χ2n) is 5.34. The Morgan fingerprint density at radius 2 is 1.60 bits per heavy atom. The lowest BCUT2D eigenvalue weighted by Crippen LogP contribution is -2.09. The Balaban J connectivity index is 2.11. The highest BCUT2D eigenvalue weighted by Gasteiger charge is 2.05. The minimum atomic E-state index is 0.598. The van der Waals surface area contributed by atoms with Gasteiger partial charge in [0.1, 0.15) is 18.0 Å². The molecule has 0 saturated heterocycles. The fraction of sp³-hybridized carbons (Fsp3) is 0.750. The summed E-state index contributed by atoms with van der Waals surface area (Å²) in [6, 6.07) is 0. The van der Waals surface area contributed by atoms with Crippen molar-refractivity contribution in [2.45, 2.75) is 71.6 Å². The van der Waals surface area contributed by atoms with Crippen LogP contribution in [0.5, 0.6) is 0 Å². The normalized spacial score (nSPS) is 10.7. The number of nitrogens with two attached hydrogens (primary N) is 1. The summed E-state index contributed by atoms with van der Waals surface area (Å²) in [5.74, 6) is 1.50. The predicted molar refractivity (Wildman–Crippen MR) is 86.9 cm³/mol. The van der Waals surface area contributed by atoms with Gasteiger partial charge in [-0.05, 0) is 12.8 Å². The SMILES string of the molecule is CCCCCCCCCCNc1ncnc(N)c1CC. The fourth-order valence-corrected chi connectivity index (χ4v) is 2.39. The Morgan fingerprint density at radius 3 is 2.25 bits per heavy atom. The molecule has 1 rings (SSSR count). The lowest BCUT2D eigenvalue weighted by atomic mass is 10.1. The molecule has 4 heteroatoms. The molecule has 20 heavy (non-hydrogen) atoms. The molecule has 0 unspecified atom stereocenters. The third kappa shape index (κ3) is 6.22. The molecule has 0 aromatic carbocycles. The van der Waals surface area contributed by atoms with E-state index in [1.165, 1.54) is 57.7 Å². The Bertz CT molecular complexity index is 365. The molecule has 0 aliphatic heterocycles. The average Bonchev–Trinajstić information content (AvgIpc) is 2.45. The molecule has 1 heterocycles. The second-order valence-corrected chi connectivity index (χ2v) is 5.34. The molecule has 0 spiro atoms. The van der Waals surface area contributed by atoms with Crippen LogP contribution >= 0.6 is 0 Å². The van der Waals surface area contributed by atoms with Gasteiger partial charge < -0.3 is 11.1 Å². The van der Waals surface area contributed by atoms with Gasteiger partial charge in [0.2, 0.25) is 0 Å². The van der Waals surface area contributed by atoms with Crippen molar-refractivity contribution in [3.8, 4) is 0 Å². The van der Waals surface area contributed by atoms with Crippen molar-refractivity contribution < 1.29 is 0 Å². The molecule has 114 valence electrons. The molecule has 0 atom stereocenters. The van der Waals surface area contributed by atoms with Crippen molar-refractivity contribution in [1.82, 2.24) is 9.97 Å². The third-order valence-electron chi connectivity index (χ3n) is 3.66. The van der Waals surface area contributed by atoms with Gasteiger partial charge >= 0.3 is 0 Å². The molecule has 0 aliphatic rings. The van der Waals surface area contributed by atoms with E-state index >= 15 is 0 Å². The van der Waals surface area contributed by atoms with E-state index < -0.39 is 0 Å². The van der Waals surface area contributed by atoms with E-state index in [0.717, 1.165) is 24.3 Å². The summed E-state index contributed by atoms with van der Waals surface area (Å²) < 4.78 is 0. The lowest BCUT2D eigenvalue weighted by molar-refractivity contribution is 0.581. The van der Waals surface area contributed by atoms with Crippen LogP contribution in [-0.2, 0) is 6.42 Å². The van der Waals surface area contributed by atoms with Gasteiger partial charge in [-0.1, -0.05) is 58.8 Å². The van der Waals surface area contributed by atoms with E-state index in [-0.39, 0.29) is 0 Å². The monoisotopic (exact) mass is 278 g/mol. The van der Waals surface area contributed by atoms with Crippen molar-refractivity contribution in [2.24, 2.45) is 0 Å². The number of nitrogen functional groups attached to an aromatic ring is 1. The summed E-state index contributed by atoms with van der Waals surface area (Å²) >= 11 is 0. The number of hydrogen-bond donors (Lipinski definition) is 2. The van der Waals surface area contributed by atoms with Gasteiger partial charge in [0.05, 0.1) is 0 Å². The minimum Gasteiger partial charge on any atom is -0.383 e. The maximum absolute atomic E-state index is 5.85. The molecular weight excluding hydrogens is 248 g/mol. The minimum absolute atomic E-state index is 0.598. The van der Waals surface area contributed by atoms with Crippen LogP contribution in [0.3, 0.4) is 0 Å². The number of nitrogens with zero attached hydrogens (tertiary/aromatic N) is 2. The quantitative estimate of drug-likeness (QED) is 0.596. The summed E-state index contributed by atoms with van der Waals surface area (Å²) in [5.41, 5.74) is 6.88. The summed E-state index contributed by atoms with van der Waals surface area (Å²) in [7, 11) is 0. The van der Waals surface area contributed by atoms with Crippen molar-refractivity contribution in [1.29, 1.82) is 0 Å². The van der Waals surface area contributed by atoms with E-state index in [4.69, 9.17) is 5.73 Å². The molecule has 0 amide bonds. The molecule has 0 saturated carbocycles. The van der Waals surface area contributed by atoms with Crippen molar-refractivity contribution in [3.63, 3.8) is 0 Å². The van der Waals surface area contributed by atoms with Crippen LogP contribution in [0.2, 0.25) is 0 Å². The van der Waals surface area contributed by atoms with Crippen LogP contribution < -0.4 is 11.1 Å². The molecule has 4 nitrogen and oxygen atoms in total. The molecule has 1 aromatic rings. The molecular formula is C16H30N4. The first-order chi connectivity index (χ1) is 9.79. The number of hydrogen-bond acceptors (Lipinski definition) is 4. The largest absolute Gasteiger partial charge is 0.383 e. The third-order valence-corrected chi connectivity index (χ3v) is 3.66. The van der Waals surface area contributed by atoms with Crippen LogP contribution in [0.4, 0.5) is 11.6 Å². The van der Waals surface area contributed by atoms with Crippen molar-refractivity contribution in [3.05, 3.63) is 11.9 Å². The molecule has 0 aliphatic carbocycles. The van der Waals surface area contributed by atoms with E-state index in [1.54, 1.807) is 0 Å². The zero-order chi connectivity index (χ0) is 14.6. The van der Waals surface area contributed by atoms with Crippen LogP contribution in [0.1, 0.15) is 70.8 Å². The standard InChI is InChI=1S/C16H30N4/c1-3-5-6-7-8-9-10-11-12-18-16-14(4-2)15(17)19-13-20-16/h13H,3-12H2,1-2H3,(H3,17,18,19,20). The first-order valence-corrected chi connectivity index (χ1v) is 8.12. The van der Waals surface area contributed by atoms with Crippen LogP contribution in [-0.4, -0.2) is 16.5 Å². The smallest absolute Gasteiger partial charge is 0.134 e. The topological polar surface area (TPSA) is 63.8 Å². The van der Waals surface area contributed by atoms with Gasteiger partial charge in [0, 0.05) is 12.1 Å². The van der Waals surface area contributed by atoms with Gasteiger partial charge in [-0.2, -0.15) is 0 Å². The maximum atomic E-state index is 5.85. The van der Waals surface area contributed by atoms with Crippen LogP contribution in [0.15, 0.2) is 6.33 Å². The molecule has 0 radical (unpaired) electrons. The van der Waals surface area contributed by atoms with Gasteiger partial charge in [-0.3, -0.25) is 0 Å². The van der Waals surface area contributed by atoms with E-state index in [1.807, 2.05) is 0 Å². The zero-order valence-electron chi connectivity index (χ0n) is 13.1. The lowest BCUT2D eigenvalue weighted by Gasteiger charge is -2.10. The van der Waals surface area contributed by atoms with E-state index in [9.17, 15) is 0 Å². The number of aromatic nitrogens is 2. The fourth-order valence-electron chi connectivity index (χ4n) is 2.39. The number of anilines is 2. The Kier molecular flexibility index (Phi) is 8.76. The Hall–Kier alpha value is -1.32. The highest BCUT2D eigenvalue weighted by Crippen LogP contribution is 2.17. The predicted octanol–water partition coefficient (Wildman–Crippen LogP) is 4.17. The Morgan fingerprint density at radius 1 is 0.950 bits per heavy atom. The highest BCUT2D eigenvalue weighted by atomic mass is 15.0. The van der Waals surface area contributed by atoms with Crippen molar-refractivity contribution >= 4 is 11.6 Å². The Labute approximate surface area is 123 Å². The van der Waals surface area contributed by atoms with Crippen LogP contribution in [0.25, 0.3) is 0 Å². The molecule has 0 fully saturated rings. The summed E-state index contributed by atoms with van der Waals surface area (Å²) in [6.07, 6.45) is 13.1. The molecule has 0 bridgehead atoms. The average molecular weight is 278 g/mol. The zero-order valence-corrected chi connectivity index (χ0v) is 13.1. The van der Waals surface area contributed by atoms with Gasteiger partial charge in [-0.25, -0.2) is 9.97 Å². The summed E-state index contributed by atoms with van der Waals surface area (Å²) in [5, 5.41) is 3.39. The van der Waals surface area contributed by atoms with Gasteiger partial charge in [0.25, 0.3) is 0 Å². The summed E-state index contributed by atoms with van der Waals surface area (Å²) in [4.78, 5) is 8.31. The van der Waals surface area contributed by atoms with E-state index in [2.05, 4.69) is 29.1 Å². The van der Waals surface area contributed by atoms with Crippen LogP contribution in [0, 0.1) is 0 Å². The second kappa shape index (κ2) is 10.5. The number of nitrogens with one attached hydrogen (secondary N) is 1. The highest BCUT2D eigenvalue weighted by molar-refractivity contribution is 5.54. The van der Waals surface area contributed by atoms with Gasteiger partial charge in [-0.15, -0.1) is 0 Å². The van der Waals surface area contributed by atoms with E-state index in [0.29, 0.717) is 5.82 Å². The summed E-state index contributed by atoms with van der Waals surface area (Å²) in [6.45, 7) is 5.31. The van der Waals surface area contributed by atoms with Gasteiger partial charge in [0.15, 0.2) is 0 Å². The first-order valence-electron chi connectivity index (χ1n) is 8.12. The first kappa shape index (κ1) is 16.7.